The van der Waals surface area contributed by atoms with Crippen molar-refractivity contribution in [1.29, 1.82) is 0 Å². The van der Waals surface area contributed by atoms with Gasteiger partial charge in [0.1, 0.15) is 0 Å². The van der Waals surface area contributed by atoms with Crippen LogP contribution in [0, 0.1) is 10.8 Å². The zero-order chi connectivity index (χ0) is 21.4. The Morgan fingerprint density at radius 1 is 0.828 bits per heavy atom. The van der Waals surface area contributed by atoms with Gasteiger partial charge in [-0.25, -0.2) is 0 Å². The van der Waals surface area contributed by atoms with E-state index in [0.717, 1.165) is 0 Å². The first-order chi connectivity index (χ1) is 13.3. The summed E-state index contributed by atoms with van der Waals surface area (Å²) in [4.78, 5) is 0. The molecule has 4 aliphatic carbocycles. The average Bonchev–Trinajstić information content (AvgIpc) is 3.14. The quantitative estimate of drug-likeness (QED) is 0.346. The van der Waals surface area contributed by atoms with Gasteiger partial charge >= 0.3 is 187 Å². The Labute approximate surface area is 186 Å². The van der Waals surface area contributed by atoms with E-state index in [1.807, 2.05) is 0 Å². The van der Waals surface area contributed by atoms with Crippen molar-refractivity contribution in [3.63, 3.8) is 0 Å². The Bertz CT molecular complexity index is 889. The van der Waals surface area contributed by atoms with Gasteiger partial charge in [-0.15, -0.1) is 0 Å². The van der Waals surface area contributed by atoms with Crippen LogP contribution in [-0.2, 0) is 15.9 Å². The number of hydrogen-bond acceptors (Lipinski definition) is 0. The van der Waals surface area contributed by atoms with Gasteiger partial charge < -0.3 is 0 Å². The molecule has 0 saturated carbocycles. The van der Waals surface area contributed by atoms with E-state index in [-0.39, 0.29) is 18.1 Å². The molecule has 0 spiro atoms. The second kappa shape index (κ2) is 6.89. The van der Waals surface area contributed by atoms with E-state index in [0.29, 0.717) is 0 Å². The molecule has 0 aromatic heterocycles. The number of hydrogen-bond donors (Lipinski definition) is 0. The first-order valence-electron chi connectivity index (χ1n) is 11.5. The summed E-state index contributed by atoms with van der Waals surface area (Å²) in [6, 6.07) is 0. The van der Waals surface area contributed by atoms with E-state index in [4.69, 9.17) is 17.0 Å². The van der Waals surface area contributed by atoms with Crippen LogP contribution < -0.4 is 0 Å². The van der Waals surface area contributed by atoms with E-state index in [9.17, 15) is 0 Å². The van der Waals surface area contributed by atoms with Crippen LogP contribution in [-0.4, -0.2) is 3.71 Å². The summed E-state index contributed by atoms with van der Waals surface area (Å²) < 4.78 is 2.87. The number of rotatable bonds is 2. The molecular weight excluding hydrogens is 474 g/mol. The predicted octanol–water partition coefficient (Wildman–Crippen LogP) is 9.32. The van der Waals surface area contributed by atoms with Crippen LogP contribution in [0.15, 0.2) is 45.6 Å². The van der Waals surface area contributed by atoms with E-state index >= 15 is 0 Å². The average molecular weight is 513 g/mol. The minimum atomic E-state index is -4.42. The van der Waals surface area contributed by atoms with Gasteiger partial charge in [-0.1, -0.05) is 0 Å². The maximum atomic E-state index is 7.98. The third-order valence-electron chi connectivity index (χ3n) is 8.65. The van der Waals surface area contributed by atoms with Gasteiger partial charge in [-0.3, -0.25) is 0 Å². The molecule has 0 heterocycles. The van der Waals surface area contributed by atoms with Crippen molar-refractivity contribution in [3.8, 4) is 0 Å². The molecule has 3 heteroatoms. The third-order valence-corrected chi connectivity index (χ3v) is 28.5. The van der Waals surface area contributed by atoms with Crippen molar-refractivity contribution in [2.75, 3.05) is 0 Å². The van der Waals surface area contributed by atoms with Gasteiger partial charge in [0.15, 0.2) is 0 Å². The van der Waals surface area contributed by atoms with Gasteiger partial charge in [0.05, 0.1) is 0 Å². The van der Waals surface area contributed by atoms with Crippen LogP contribution in [0.3, 0.4) is 0 Å². The van der Waals surface area contributed by atoms with E-state index in [1.54, 1.807) is 22.3 Å². The normalized spacial score (nSPS) is 31.4. The molecule has 4 aliphatic rings. The summed E-state index contributed by atoms with van der Waals surface area (Å²) in [5, 5.41) is 0. The van der Waals surface area contributed by atoms with Crippen LogP contribution >= 0.6 is 17.0 Å². The number of allylic oxidation sites excluding steroid dienone is 8. The fourth-order valence-electron chi connectivity index (χ4n) is 7.23. The Kier molecular flexibility index (Phi) is 5.35. The summed E-state index contributed by atoms with van der Waals surface area (Å²) in [6.45, 7) is 16.4. The molecule has 0 aromatic rings. The molecule has 0 amide bonds. The predicted molar refractivity (Wildman–Crippen MR) is 128 cm³/mol. The Balaban J connectivity index is 1.93. The molecule has 2 unspecified atom stereocenters. The van der Waals surface area contributed by atoms with Crippen LogP contribution in [0.25, 0.3) is 0 Å². The second-order valence-electron chi connectivity index (χ2n) is 11.5. The molecule has 160 valence electrons. The van der Waals surface area contributed by atoms with Gasteiger partial charge in [0.25, 0.3) is 0 Å². The first kappa shape index (κ1) is 22.5. The monoisotopic (exact) mass is 510 g/mol. The molecule has 0 radical (unpaired) electrons. The fraction of sp³-hybridized carbons (Fsp3) is 0.654. The molecular formula is C26H38Cl2Zr. The topological polar surface area (TPSA) is 0 Å². The minimum absolute atomic E-state index is 0.242. The summed E-state index contributed by atoms with van der Waals surface area (Å²) in [6.07, 6.45) is 12.3. The molecule has 0 saturated heterocycles. The van der Waals surface area contributed by atoms with E-state index in [1.165, 1.54) is 49.7 Å². The van der Waals surface area contributed by atoms with Crippen LogP contribution in [0.5, 0.6) is 0 Å². The Morgan fingerprint density at radius 2 is 1.21 bits per heavy atom. The Hall–Kier alpha value is 0.293. The van der Waals surface area contributed by atoms with Crippen molar-refractivity contribution in [2.24, 2.45) is 10.8 Å². The molecule has 29 heavy (non-hydrogen) atoms. The zero-order valence-electron chi connectivity index (χ0n) is 19.4. The molecule has 0 aliphatic heterocycles. The molecule has 0 nitrogen and oxygen atoms in total. The molecule has 0 aromatic carbocycles. The van der Waals surface area contributed by atoms with Crippen molar-refractivity contribution in [2.45, 2.75) is 94.2 Å². The van der Waals surface area contributed by atoms with Gasteiger partial charge in [0, 0.05) is 0 Å². The molecule has 2 atom stereocenters. The molecule has 0 N–H and O–H groups in total. The van der Waals surface area contributed by atoms with Crippen LogP contribution in [0.1, 0.15) is 87.0 Å². The fourth-order valence-corrected chi connectivity index (χ4v) is 26.3. The van der Waals surface area contributed by atoms with Crippen LogP contribution in [0.2, 0.25) is 7.25 Å². The van der Waals surface area contributed by atoms with E-state index in [2.05, 4.69) is 64.3 Å². The molecule has 0 bridgehead atoms. The zero-order valence-corrected chi connectivity index (χ0v) is 23.4. The van der Waals surface area contributed by atoms with Crippen molar-refractivity contribution in [3.05, 3.63) is 45.6 Å². The standard InChI is InChI=1S/2C12H17.C2H4.2ClH.Zr/c2*1-9-7-10-5-4-6-12(2,3)11(10)8-9;1-2;;;/h2*7-8H,4-6H2,1-3H3;1H,2H3;2*1H;/q;;;;;+2/p-2. The van der Waals surface area contributed by atoms with Gasteiger partial charge in [0.2, 0.25) is 0 Å². The van der Waals surface area contributed by atoms with Gasteiger partial charge in [-0.05, 0) is 0 Å². The summed E-state index contributed by atoms with van der Waals surface area (Å²) in [7, 11) is 16.0. The Morgan fingerprint density at radius 3 is 1.55 bits per heavy atom. The number of halogens is 2. The van der Waals surface area contributed by atoms with Crippen molar-refractivity contribution >= 4 is 20.7 Å². The SMILES string of the molecule is C[CH]=[Zr]([Cl])([Cl])([CH]1C(C)=CC2=C1CCCC2(C)C)[CH]1C(C)=CC2=C1CCCC2(C)C. The summed E-state index contributed by atoms with van der Waals surface area (Å²) in [5.41, 5.74) is 9.61. The first-order valence-corrected chi connectivity index (χ1v) is 22.1. The van der Waals surface area contributed by atoms with Gasteiger partial charge in [-0.2, -0.15) is 0 Å². The summed E-state index contributed by atoms with van der Waals surface area (Å²) in [5.74, 6) is 0. The van der Waals surface area contributed by atoms with Crippen molar-refractivity contribution in [1.82, 2.24) is 0 Å². The molecule has 0 fully saturated rings. The third kappa shape index (κ3) is 3.19. The van der Waals surface area contributed by atoms with Crippen molar-refractivity contribution < 1.29 is 15.9 Å². The second-order valence-corrected chi connectivity index (χ2v) is 32.9. The summed E-state index contributed by atoms with van der Waals surface area (Å²) >= 11 is -4.42. The van der Waals surface area contributed by atoms with Crippen LogP contribution in [0.4, 0.5) is 0 Å². The maximum absolute atomic E-state index is 7.98. The van der Waals surface area contributed by atoms with E-state index < -0.39 is 15.9 Å². The molecule has 4 rings (SSSR count).